The Morgan fingerprint density at radius 3 is 2.09 bits per heavy atom. The molecule has 0 aromatic rings. The molecule has 0 aliphatic heterocycles. The number of hydrogen-bond acceptors (Lipinski definition) is 1. The molecule has 1 N–H and O–H groups in total. The predicted molar refractivity (Wildman–Crippen MR) is 47.4 cm³/mol. The summed E-state index contributed by atoms with van der Waals surface area (Å²) in [5.74, 6) is 1.60. The highest BCUT2D eigenvalue weighted by atomic mass is 16.3. The van der Waals surface area contributed by atoms with Gasteiger partial charge in [0.05, 0.1) is 0 Å². The Balaban J connectivity index is 2.14. The van der Waals surface area contributed by atoms with Crippen LogP contribution in [-0.2, 0) is 0 Å². The number of aliphatic hydroxyl groups excluding tert-OH is 1. The Bertz CT molecular complexity index is 93.0. The average molecular weight is 156 g/mol. The summed E-state index contributed by atoms with van der Waals surface area (Å²) in [6, 6.07) is 0. The van der Waals surface area contributed by atoms with Gasteiger partial charge in [-0.2, -0.15) is 0 Å². The average Bonchev–Trinajstić information content (AvgIpc) is 2.07. The molecule has 0 bridgehead atoms. The summed E-state index contributed by atoms with van der Waals surface area (Å²) in [7, 11) is 0. The Morgan fingerprint density at radius 2 is 1.64 bits per heavy atom. The number of rotatable bonds is 3. The van der Waals surface area contributed by atoms with Crippen LogP contribution in [0, 0.1) is 11.8 Å². The summed E-state index contributed by atoms with van der Waals surface area (Å²) in [4.78, 5) is 0. The van der Waals surface area contributed by atoms with E-state index < -0.39 is 0 Å². The highest BCUT2D eigenvalue weighted by Gasteiger charge is 2.19. The van der Waals surface area contributed by atoms with Gasteiger partial charge in [0.25, 0.3) is 0 Å². The van der Waals surface area contributed by atoms with Crippen LogP contribution in [0.15, 0.2) is 0 Å². The highest BCUT2D eigenvalue weighted by molar-refractivity contribution is 4.71. The monoisotopic (exact) mass is 156 g/mol. The molecule has 1 nitrogen and oxygen atoms in total. The molecule has 1 aliphatic carbocycles. The lowest BCUT2D eigenvalue weighted by Gasteiger charge is -2.26. The molecule has 66 valence electrons. The van der Waals surface area contributed by atoms with Crippen molar-refractivity contribution in [2.24, 2.45) is 11.8 Å². The molecule has 0 aromatic carbocycles. The zero-order chi connectivity index (χ0) is 8.10. The lowest BCUT2D eigenvalue weighted by molar-refractivity contribution is 0.164. The van der Waals surface area contributed by atoms with E-state index in [9.17, 15) is 0 Å². The van der Waals surface area contributed by atoms with E-state index in [2.05, 4.69) is 6.92 Å². The molecule has 0 radical (unpaired) electrons. The van der Waals surface area contributed by atoms with E-state index in [0.29, 0.717) is 12.5 Å². The van der Waals surface area contributed by atoms with Gasteiger partial charge >= 0.3 is 0 Å². The summed E-state index contributed by atoms with van der Waals surface area (Å²) in [5.41, 5.74) is 0. The standard InChI is InChI=1S/C10H20O/c1-2-3-9-4-6-10(8-11)7-5-9/h9-11H,2-8H2,1H3/t9-,10-. The molecule has 1 heteroatoms. The molecule has 0 spiro atoms. The van der Waals surface area contributed by atoms with Crippen molar-refractivity contribution in [1.29, 1.82) is 0 Å². The third-order valence-corrected chi connectivity index (χ3v) is 2.92. The molecule has 11 heavy (non-hydrogen) atoms. The minimum atomic E-state index is 0.416. The van der Waals surface area contributed by atoms with Crippen molar-refractivity contribution in [2.75, 3.05) is 6.61 Å². The quantitative estimate of drug-likeness (QED) is 0.666. The second kappa shape index (κ2) is 4.76. The molecule has 1 fully saturated rings. The van der Waals surface area contributed by atoms with Crippen LogP contribution in [-0.4, -0.2) is 11.7 Å². The van der Waals surface area contributed by atoms with Crippen LogP contribution in [0.4, 0.5) is 0 Å². The van der Waals surface area contributed by atoms with E-state index in [4.69, 9.17) is 5.11 Å². The zero-order valence-electron chi connectivity index (χ0n) is 7.55. The van der Waals surface area contributed by atoms with Crippen molar-refractivity contribution >= 4 is 0 Å². The summed E-state index contributed by atoms with van der Waals surface area (Å²) < 4.78 is 0. The molecular formula is C10H20O. The van der Waals surface area contributed by atoms with Crippen molar-refractivity contribution < 1.29 is 5.11 Å². The van der Waals surface area contributed by atoms with Gasteiger partial charge in [-0.1, -0.05) is 32.6 Å². The summed E-state index contributed by atoms with van der Waals surface area (Å²) in [6.07, 6.45) is 7.98. The van der Waals surface area contributed by atoms with E-state index in [1.165, 1.54) is 38.5 Å². The van der Waals surface area contributed by atoms with Crippen molar-refractivity contribution in [3.8, 4) is 0 Å². The van der Waals surface area contributed by atoms with Crippen LogP contribution in [0.3, 0.4) is 0 Å². The summed E-state index contributed by atoms with van der Waals surface area (Å²) >= 11 is 0. The lowest BCUT2D eigenvalue weighted by atomic mass is 9.80. The number of aliphatic hydroxyl groups is 1. The molecular weight excluding hydrogens is 136 g/mol. The summed E-state index contributed by atoms with van der Waals surface area (Å²) in [6.45, 7) is 2.68. The molecule has 0 atom stereocenters. The highest BCUT2D eigenvalue weighted by Crippen LogP contribution is 2.30. The SMILES string of the molecule is CCC[C@H]1CC[C@H](CO)CC1. The Kier molecular flexibility index (Phi) is 3.92. The van der Waals surface area contributed by atoms with E-state index >= 15 is 0 Å². The molecule has 1 saturated carbocycles. The molecule has 0 amide bonds. The first kappa shape index (κ1) is 9.05. The van der Waals surface area contributed by atoms with E-state index in [-0.39, 0.29) is 0 Å². The predicted octanol–water partition coefficient (Wildman–Crippen LogP) is 2.59. The normalized spacial score (nSPS) is 32.2. The fourth-order valence-corrected chi connectivity index (χ4v) is 2.11. The second-order valence-corrected chi connectivity index (χ2v) is 3.86. The molecule has 0 saturated heterocycles. The third-order valence-electron chi connectivity index (χ3n) is 2.92. The van der Waals surface area contributed by atoms with Crippen molar-refractivity contribution in [3.05, 3.63) is 0 Å². The maximum Gasteiger partial charge on any atom is 0.0459 e. The first-order valence-electron chi connectivity index (χ1n) is 4.97. The van der Waals surface area contributed by atoms with Gasteiger partial charge in [-0.3, -0.25) is 0 Å². The van der Waals surface area contributed by atoms with Gasteiger partial charge in [0, 0.05) is 6.61 Å². The van der Waals surface area contributed by atoms with Crippen LogP contribution in [0.1, 0.15) is 45.4 Å². The minimum absolute atomic E-state index is 0.416. The maximum absolute atomic E-state index is 8.91. The van der Waals surface area contributed by atoms with E-state index in [1.54, 1.807) is 0 Å². The van der Waals surface area contributed by atoms with Gasteiger partial charge in [-0.05, 0) is 24.7 Å². The van der Waals surface area contributed by atoms with Crippen LogP contribution in [0.2, 0.25) is 0 Å². The van der Waals surface area contributed by atoms with Gasteiger partial charge in [0.15, 0.2) is 0 Å². The topological polar surface area (TPSA) is 20.2 Å². The first-order chi connectivity index (χ1) is 5.36. The van der Waals surface area contributed by atoms with Crippen molar-refractivity contribution in [3.63, 3.8) is 0 Å². The Morgan fingerprint density at radius 1 is 1.09 bits per heavy atom. The fraction of sp³-hybridized carbons (Fsp3) is 1.00. The Labute approximate surface area is 69.8 Å². The molecule has 1 rings (SSSR count). The molecule has 0 heterocycles. The van der Waals surface area contributed by atoms with Crippen LogP contribution in [0.5, 0.6) is 0 Å². The number of hydrogen-bond donors (Lipinski definition) is 1. The van der Waals surface area contributed by atoms with Crippen molar-refractivity contribution in [2.45, 2.75) is 45.4 Å². The van der Waals surface area contributed by atoms with Crippen molar-refractivity contribution in [1.82, 2.24) is 0 Å². The third kappa shape index (κ3) is 2.82. The van der Waals surface area contributed by atoms with E-state index in [0.717, 1.165) is 5.92 Å². The van der Waals surface area contributed by atoms with Crippen LogP contribution in [0.25, 0.3) is 0 Å². The van der Waals surface area contributed by atoms with Gasteiger partial charge in [0.2, 0.25) is 0 Å². The largest absolute Gasteiger partial charge is 0.396 e. The van der Waals surface area contributed by atoms with Crippen LogP contribution < -0.4 is 0 Å². The molecule has 0 aromatic heterocycles. The van der Waals surface area contributed by atoms with Gasteiger partial charge in [-0.25, -0.2) is 0 Å². The Hall–Kier alpha value is -0.0400. The summed E-state index contributed by atoms with van der Waals surface area (Å²) in [5, 5.41) is 8.91. The fourth-order valence-electron chi connectivity index (χ4n) is 2.11. The first-order valence-corrected chi connectivity index (χ1v) is 4.97. The smallest absolute Gasteiger partial charge is 0.0459 e. The van der Waals surface area contributed by atoms with Gasteiger partial charge in [-0.15, -0.1) is 0 Å². The maximum atomic E-state index is 8.91. The van der Waals surface area contributed by atoms with E-state index in [1.807, 2.05) is 0 Å². The van der Waals surface area contributed by atoms with Crippen LogP contribution >= 0.6 is 0 Å². The molecule has 0 unspecified atom stereocenters. The zero-order valence-corrected chi connectivity index (χ0v) is 7.55. The second-order valence-electron chi connectivity index (χ2n) is 3.86. The minimum Gasteiger partial charge on any atom is -0.396 e. The van der Waals surface area contributed by atoms with Gasteiger partial charge < -0.3 is 5.11 Å². The van der Waals surface area contributed by atoms with Gasteiger partial charge in [0.1, 0.15) is 0 Å². The molecule has 1 aliphatic rings. The lowest BCUT2D eigenvalue weighted by Crippen LogP contribution is -2.16.